The van der Waals surface area contributed by atoms with Gasteiger partial charge in [-0.2, -0.15) is 0 Å². The third-order valence-electron chi connectivity index (χ3n) is 5.54. The molecular formula is C20H30ClN3O2. The van der Waals surface area contributed by atoms with Gasteiger partial charge in [0.2, 0.25) is 11.8 Å². The highest BCUT2D eigenvalue weighted by molar-refractivity contribution is 5.85. The number of carbonyl (C=O) groups is 2. The number of hydrogen-bond donors (Lipinski definition) is 2. The van der Waals surface area contributed by atoms with E-state index in [4.69, 9.17) is 5.73 Å². The number of halogens is 1. The molecule has 0 radical (unpaired) electrons. The average molecular weight is 380 g/mol. The standard InChI is InChI=1S/C20H29N3O2.ClH/c1-14(22-20(25)16-9-5-6-10-16)11-19(24)23-12-17(18(21)13-23)15-7-3-2-4-8-15;/h2-4,7-8,14,16-18H,5-6,9-13,21H2,1H3,(H,22,25);1H/t14?,17-,18+;/m0./s1. The Morgan fingerprint density at radius 1 is 1.19 bits per heavy atom. The zero-order valence-electron chi connectivity index (χ0n) is 15.4. The molecule has 144 valence electrons. The summed E-state index contributed by atoms with van der Waals surface area (Å²) < 4.78 is 0. The van der Waals surface area contributed by atoms with Crippen molar-refractivity contribution in [2.75, 3.05) is 13.1 Å². The van der Waals surface area contributed by atoms with Crippen molar-refractivity contribution in [3.63, 3.8) is 0 Å². The Morgan fingerprint density at radius 3 is 2.50 bits per heavy atom. The third-order valence-corrected chi connectivity index (χ3v) is 5.54. The van der Waals surface area contributed by atoms with Crippen molar-refractivity contribution < 1.29 is 9.59 Å². The summed E-state index contributed by atoms with van der Waals surface area (Å²) in [5.74, 6) is 0.514. The maximum Gasteiger partial charge on any atom is 0.224 e. The van der Waals surface area contributed by atoms with E-state index in [1.807, 2.05) is 30.0 Å². The summed E-state index contributed by atoms with van der Waals surface area (Å²) in [5.41, 5.74) is 7.46. The van der Waals surface area contributed by atoms with E-state index in [9.17, 15) is 9.59 Å². The van der Waals surface area contributed by atoms with Crippen LogP contribution in [0.4, 0.5) is 0 Å². The van der Waals surface area contributed by atoms with Crippen LogP contribution in [0.15, 0.2) is 30.3 Å². The van der Waals surface area contributed by atoms with Gasteiger partial charge in [0.05, 0.1) is 0 Å². The Kier molecular flexibility index (Phi) is 7.47. The number of nitrogens with two attached hydrogens (primary N) is 1. The van der Waals surface area contributed by atoms with E-state index < -0.39 is 0 Å². The number of nitrogens with one attached hydrogen (secondary N) is 1. The number of amides is 2. The number of benzene rings is 1. The van der Waals surface area contributed by atoms with Gasteiger partial charge < -0.3 is 16.0 Å². The van der Waals surface area contributed by atoms with E-state index >= 15 is 0 Å². The Labute approximate surface area is 162 Å². The quantitative estimate of drug-likeness (QED) is 0.825. The first-order valence-corrected chi connectivity index (χ1v) is 9.43. The largest absolute Gasteiger partial charge is 0.353 e. The van der Waals surface area contributed by atoms with Gasteiger partial charge in [0.1, 0.15) is 0 Å². The van der Waals surface area contributed by atoms with Crippen LogP contribution in [0, 0.1) is 5.92 Å². The summed E-state index contributed by atoms with van der Waals surface area (Å²) in [6, 6.07) is 9.98. The number of hydrogen-bond acceptors (Lipinski definition) is 3. The predicted octanol–water partition coefficient (Wildman–Crippen LogP) is 2.45. The molecule has 1 aromatic carbocycles. The SMILES string of the molecule is CC(CC(=O)N1C[C@@H](N)[C@H](c2ccccc2)C1)NC(=O)C1CCCC1.Cl. The maximum absolute atomic E-state index is 12.6. The van der Waals surface area contributed by atoms with Crippen molar-refractivity contribution >= 4 is 24.2 Å². The molecule has 3 rings (SSSR count). The highest BCUT2D eigenvalue weighted by Crippen LogP contribution is 2.27. The van der Waals surface area contributed by atoms with Crippen molar-refractivity contribution in [3.8, 4) is 0 Å². The number of rotatable bonds is 5. The van der Waals surface area contributed by atoms with Gasteiger partial charge in [0.25, 0.3) is 0 Å². The minimum absolute atomic E-state index is 0. The van der Waals surface area contributed by atoms with E-state index in [1.165, 1.54) is 5.56 Å². The highest BCUT2D eigenvalue weighted by Gasteiger charge is 2.34. The van der Waals surface area contributed by atoms with E-state index in [-0.39, 0.29) is 48.1 Å². The minimum Gasteiger partial charge on any atom is -0.353 e. The molecule has 1 heterocycles. The number of carbonyl (C=O) groups excluding carboxylic acids is 2. The van der Waals surface area contributed by atoms with E-state index in [0.717, 1.165) is 25.7 Å². The van der Waals surface area contributed by atoms with Crippen LogP contribution < -0.4 is 11.1 Å². The van der Waals surface area contributed by atoms with Crippen molar-refractivity contribution in [1.82, 2.24) is 10.2 Å². The smallest absolute Gasteiger partial charge is 0.224 e. The fraction of sp³-hybridized carbons (Fsp3) is 0.600. The van der Waals surface area contributed by atoms with E-state index in [2.05, 4.69) is 17.4 Å². The molecule has 0 bridgehead atoms. The summed E-state index contributed by atoms with van der Waals surface area (Å²) >= 11 is 0. The van der Waals surface area contributed by atoms with Gasteiger partial charge in [-0.05, 0) is 25.3 Å². The first-order chi connectivity index (χ1) is 12.0. The summed E-state index contributed by atoms with van der Waals surface area (Å²) in [6.07, 6.45) is 4.57. The first kappa shape index (κ1) is 20.7. The molecular weight excluding hydrogens is 350 g/mol. The molecule has 1 aliphatic heterocycles. The number of nitrogens with zero attached hydrogens (tertiary/aromatic N) is 1. The molecule has 3 N–H and O–H groups in total. The second-order valence-corrected chi connectivity index (χ2v) is 7.57. The Morgan fingerprint density at radius 2 is 1.85 bits per heavy atom. The second kappa shape index (κ2) is 9.38. The fourth-order valence-electron chi connectivity index (χ4n) is 4.08. The number of likely N-dealkylation sites (tertiary alicyclic amines) is 1. The predicted molar refractivity (Wildman–Crippen MR) is 105 cm³/mol. The first-order valence-electron chi connectivity index (χ1n) is 9.43. The molecule has 6 heteroatoms. The van der Waals surface area contributed by atoms with Crippen molar-refractivity contribution in [2.45, 2.75) is 57.0 Å². The van der Waals surface area contributed by atoms with Crippen LogP contribution in [-0.2, 0) is 9.59 Å². The normalized spacial score (nSPS) is 24.2. The average Bonchev–Trinajstić information content (AvgIpc) is 3.25. The van der Waals surface area contributed by atoms with Crippen molar-refractivity contribution in [1.29, 1.82) is 0 Å². The maximum atomic E-state index is 12.6. The van der Waals surface area contributed by atoms with Gasteiger partial charge in [-0.15, -0.1) is 12.4 Å². The van der Waals surface area contributed by atoms with Crippen LogP contribution in [0.1, 0.15) is 50.5 Å². The molecule has 0 aromatic heterocycles. The summed E-state index contributed by atoms with van der Waals surface area (Å²) in [6.45, 7) is 3.16. The minimum atomic E-state index is -0.132. The second-order valence-electron chi connectivity index (χ2n) is 7.57. The van der Waals surface area contributed by atoms with Gasteiger partial charge in [-0.3, -0.25) is 9.59 Å². The lowest BCUT2D eigenvalue weighted by molar-refractivity contribution is -0.131. The summed E-state index contributed by atoms with van der Waals surface area (Å²) in [5, 5.41) is 3.01. The lowest BCUT2D eigenvalue weighted by Crippen LogP contribution is -2.41. The molecule has 1 saturated carbocycles. The van der Waals surface area contributed by atoms with Crippen molar-refractivity contribution in [2.24, 2.45) is 11.7 Å². The molecule has 2 amide bonds. The molecule has 1 unspecified atom stereocenters. The third kappa shape index (κ3) is 4.98. The molecule has 3 atom stereocenters. The van der Waals surface area contributed by atoms with Gasteiger partial charge in [0, 0.05) is 43.4 Å². The summed E-state index contributed by atoms with van der Waals surface area (Å²) in [7, 11) is 0. The van der Waals surface area contributed by atoms with Crippen LogP contribution in [-0.4, -0.2) is 41.9 Å². The molecule has 2 aliphatic rings. The van der Waals surface area contributed by atoms with Gasteiger partial charge in [-0.1, -0.05) is 43.2 Å². The Hall–Kier alpha value is -1.59. The van der Waals surface area contributed by atoms with E-state index in [1.54, 1.807) is 0 Å². The zero-order chi connectivity index (χ0) is 17.8. The fourth-order valence-corrected chi connectivity index (χ4v) is 4.08. The molecule has 1 aromatic rings. The molecule has 0 spiro atoms. The molecule has 26 heavy (non-hydrogen) atoms. The molecule has 2 fully saturated rings. The zero-order valence-corrected chi connectivity index (χ0v) is 16.2. The monoisotopic (exact) mass is 379 g/mol. The van der Waals surface area contributed by atoms with Gasteiger partial charge in [-0.25, -0.2) is 0 Å². The summed E-state index contributed by atoms with van der Waals surface area (Å²) in [4.78, 5) is 26.6. The van der Waals surface area contributed by atoms with Crippen LogP contribution in [0.25, 0.3) is 0 Å². The van der Waals surface area contributed by atoms with Gasteiger partial charge in [0.15, 0.2) is 0 Å². The lowest BCUT2D eigenvalue weighted by atomic mass is 9.95. The van der Waals surface area contributed by atoms with E-state index in [0.29, 0.717) is 19.5 Å². The molecule has 1 aliphatic carbocycles. The van der Waals surface area contributed by atoms with Crippen LogP contribution in [0.3, 0.4) is 0 Å². The highest BCUT2D eigenvalue weighted by atomic mass is 35.5. The molecule has 1 saturated heterocycles. The Bertz CT molecular complexity index is 604. The topological polar surface area (TPSA) is 75.4 Å². The molecule has 5 nitrogen and oxygen atoms in total. The van der Waals surface area contributed by atoms with Gasteiger partial charge >= 0.3 is 0 Å². The van der Waals surface area contributed by atoms with Crippen LogP contribution in [0.5, 0.6) is 0 Å². The van der Waals surface area contributed by atoms with Crippen LogP contribution in [0.2, 0.25) is 0 Å². The Balaban J connectivity index is 0.00000243. The lowest BCUT2D eigenvalue weighted by Gasteiger charge is -2.21. The van der Waals surface area contributed by atoms with Crippen LogP contribution >= 0.6 is 12.4 Å². The van der Waals surface area contributed by atoms with Crippen molar-refractivity contribution in [3.05, 3.63) is 35.9 Å².